The molecule has 2 aromatic carbocycles. The van der Waals surface area contributed by atoms with E-state index in [1.807, 2.05) is 42.5 Å². The second-order valence-electron chi connectivity index (χ2n) is 14.1. The number of alkyl halides is 2. The van der Waals surface area contributed by atoms with Crippen LogP contribution in [0.4, 0.5) is 0 Å². The van der Waals surface area contributed by atoms with Crippen molar-refractivity contribution in [3.05, 3.63) is 115 Å². The number of nitriles is 2. The molecular formula is C38H43Cl3MgN6O2. The summed E-state index contributed by atoms with van der Waals surface area (Å²) in [6, 6.07) is 24.5. The molecule has 260 valence electrons. The minimum atomic E-state index is -1.11. The number of benzene rings is 2. The van der Waals surface area contributed by atoms with Gasteiger partial charge in [-0.3, -0.25) is 4.79 Å². The number of halogens is 3. The van der Waals surface area contributed by atoms with Gasteiger partial charge in [-0.2, -0.15) is 10.5 Å². The number of rotatable bonds is 10. The second-order valence-corrected chi connectivity index (χ2v) is 15.5. The maximum Gasteiger partial charge on any atom is 2.00 e. The minimum Gasteiger partial charge on any atom is -1.00 e. The maximum atomic E-state index is 11.6. The molecule has 0 spiro atoms. The Kier molecular flexibility index (Phi) is 15.2. The molecular weight excluding hydrogens is 703 g/mol. The van der Waals surface area contributed by atoms with E-state index in [0.717, 1.165) is 31.2 Å². The Balaban J connectivity index is 0.000000283. The number of hydrogen-bond acceptors (Lipinski definition) is 6. The van der Waals surface area contributed by atoms with E-state index in [9.17, 15) is 15.2 Å². The summed E-state index contributed by atoms with van der Waals surface area (Å²) in [5.74, 6) is -0.0336. The molecule has 0 amide bonds. The van der Waals surface area contributed by atoms with E-state index in [1.54, 1.807) is 10.9 Å². The minimum absolute atomic E-state index is 0. The van der Waals surface area contributed by atoms with Gasteiger partial charge in [0.1, 0.15) is 34.0 Å². The topological polar surface area (TPSA) is 121 Å². The number of carbonyl (C=O) groups is 1. The van der Waals surface area contributed by atoms with E-state index in [0.29, 0.717) is 17.8 Å². The quantitative estimate of drug-likeness (QED) is 0.148. The van der Waals surface area contributed by atoms with Crippen LogP contribution in [0.25, 0.3) is 0 Å². The molecule has 2 heterocycles. The second kappa shape index (κ2) is 17.6. The summed E-state index contributed by atoms with van der Waals surface area (Å²) >= 11 is 12.6. The number of aromatic nitrogens is 4. The Morgan fingerprint density at radius 3 is 1.74 bits per heavy atom. The molecule has 2 aliphatic carbocycles. The third-order valence-electron chi connectivity index (χ3n) is 8.96. The van der Waals surface area contributed by atoms with Crippen molar-refractivity contribution in [2.75, 3.05) is 0 Å². The molecule has 0 saturated heterocycles. The van der Waals surface area contributed by atoms with Gasteiger partial charge in [-0.1, -0.05) is 93.9 Å². The van der Waals surface area contributed by atoms with Crippen LogP contribution in [0.2, 0.25) is 0 Å². The molecule has 2 fully saturated rings. The SMILES string of the molecule is CC(C)(CC(O)(Cn1cncc1C#N)C1(Cl)CC1)c1ccccc1.N#Cc1cncn1CC(=O)C1(Cl)CC1.[CH2-]C(C)(C)c1ccccc1.[Cl-].[Mg+2]. The first kappa shape index (κ1) is 43.3. The van der Waals surface area contributed by atoms with E-state index in [-0.39, 0.29) is 65.2 Å². The van der Waals surface area contributed by atoms with Gasteiger partial charge in [-0.15, -0.1) is 28.6 Å². The average Bonchev–Trinajstić information content (AvgIpc) is 3.89. The van der Waals surface area contributed by atoms with Gasteiger partial charge in [0.25, 0.3) is 0 Å². The Labute approximate surface area is 328 Å². The molecule has 2 aliphatic rings. The molecule has 50 heavy (non-hydrogen) atoms. The molecule has 1 N–H and O–H groups in total. The first-order valence-electron chi connectivity index (χ1n) is 16.0. The van der Waals surface area contributed by atoms with Crippen molar-refractivity contribution in [3.8, 4) is 12.1 Å². The van der Waals surface area contributed by atoms with Gasteiger partial charge in [0.05, 0.1) is 43.0 Å². The van der Waals surface area contributed by atoms with Crippen LogP contribution in [0.15, 0.2) is 85.7 Å². The zero-order valence-corrected chi connectivity index (χ0v) is 32.8. The van der Waals surface area contributed by atoms with Crippen LogP contribution in [0, 0.1) is 29.6 Å². The van der Waals surface area contributed by atoms with Gasteiger partial charge in [-0.05, 0) is 43.1 Å². The number of ketones is 1. The number of aliphatic hydroxyl groups is 1. The zero-order chi connectivity index (χ0) is 35.2. The molecule has 12 heteroatoms. The van der Waals surface area contributed by atoms with Crippen molar-refractivity contribution in [1.29, 1.82) is 10.5 Å². The van der Waals surface area contributed by atoms with E-state index in [1.165, 1.54) is 28.9 Å². The molecule has 2 saturated carbocycles. The van der Waals surface area contributed by atoms with Crippen LogP contribution < -0.4 is 12.4 Å². The van der Waals surface area contributed by atoms with E-state index in [4.69, 9.17) is 28.5 Å². The molecule has 6 rings (SSSR count). The summed E-state index contributed by atoms with van der Waals surface area (Å²) in [6.07, 6.45) is 9.56. The Morgan fingerprint density at radius 1 is 0.860 bits per heavy atom. The molecule has 1 unspecified atom stereocenters. The van der Waals surface area contributed by atoms with Gasteiger partial charge >= 0.3 is 23.1 Å². The van der Waals surface area contributed by atoms with E-state index in [2.05, 4.69) is 74.9 Å². The number of nitrogens with zero attached hydrogens (tertiary/aromatic N) is 6. The molecule has 0 bridgehead atoms. The Bertz CT molecular complexity index is 1770. The number of Topliss-reactive ketones (excluding diaryl/α,β-unsaturated/α-hetero) is 1. The summed E-state index contributed by atoms with van der Waals surface area (Å²) in [4.78, 5) is 18.1. The zero-order valence-electron chi connectivity index (χ0n) is 29.1. The largest absolute Gasteiger partial charge is 2.00 e. The fourth-order valence-corrected chi connectivity index (χ4v) is 5.96. The van der Waals surface area contributed by atoms with Gasteiger partial charge in [0.15, 0.2) is 5.78 Å². The molecule has 8 nitrogen and oxygen atoms in total. The first-order valence-corrected chi connectivity index (χ1v) is 16.7. The number of imidazole rings is 2. The number of carbonyl (C=O) groups excluding carboxylic acids is 1. The van der Waals surface area contributed by atoms with E-state index < -0.39 is 15.3 Å². The summed E-state index contributed by atoms with van der Waals surface area (Å²) in [5, 5.41) is 29.4. The van der Waals surface area contributed by atoms with Crippen LogP contribution in [-0.4, -0.2) is 68.4 Å². The normalized spacial score (nSPS) is 16.1. The summed E-state index contributed by atoms with van der Waals surface area (Å²) in [5.41, 5.74) is 1.96. The fraction of sp³-hybridized carbons (Fsp3) is 0.421. The predicted octanol–water partition coefficient (Wildman–Crippen LogP) is 4.14. The third-order valence-corrected chi connectivity index (χ3v) is 10.3. The van der Waals surface area contributed by atoms with Crippen LogP contribution in [0.3, 0.4) is 0 Å². The third kappa shape index (κ3) is 11.1. The van der Waals surface area contributed by atoms with Crippen molar-refractivity contribution in [3.63, 3.8) is 0 Å². The summed E-state index contributed by atoms with van der Waals surface area (Å²) in [6.45, 7) is 12.9. The Morgan fingerprint density at radius 2 is 1.32 bits per heavy atom. The van der Waals surface area contributed by atoms with Crippen LogP contribution in [-0.2, 0) is 28.7 Å². The first-order chi connectivity index (χ1) is 22.6. The van der Waals surface area contributed by atoms with Gasteiger partial charge < -0.3 is 33.6 Å². The predicted molar refractivity (Wildman–Crippen MR) is 194 cm³/mol. The van der Waals surface area contributed by atoms with Crippen molar-refractivity contribution in [1.82, 2.24) is 19.1 Å². The molecule has 4 aromatic rings. The summed E-state index contributed by atoms with van der Waals surface area (Å²) < 4.78 is 3.22. The monoisotopic (exact) mass is 744 g/mol. The fourth-order valence-electron chi connectivity index (χ4n) is 5.59. The van der Waals surface area contributed by atoms with E-state index >= 15 is 0 Å². The van der Waals surface area contributed by atoms with Crippen molar-refractivity contribution in [2.45, 2.75) is 99.1 Å². The van der Waals surface area contributed by atoms with Gasteiger partial charge in [0.2, 0.25) is 0 Å². The molecule has 0 radical (unpaired) electrons. The van der Waals surface area contributed by atoms with Crippen molar-refractivity contribution < 1.29 is 22.3 Å². The van der Waals surface area contributed by atoms with Gasteiger partial charge in [-0.25, -0.2) is 9.97 Å². The van der Waals surface area contributed by atoms with Crippen LogP contribution in [0.1, 0.15) is 82.3 Å². The van der Waals surface area contributed by atoms with Crippen LogP contribution in [0.5, 0.6) is 0 Å². The Hall–Kier alpha value is -2.89. The van der Waals surface area contributed by atoms with Crippen molar-refractivity contribution >= 4 is 52.0 Å². The smallest absolute Gasteiger partial charge is 1.00 e. The van der Waals surface area contributed by atoms with Gasteiger partial charge in [0, 0.05) is 0 Å². The summed E-state index contributed by atoms with van der Waals surface area (Å²) in [7, 11) is 0. The number of hydrogen-bond donors (Lipinski definition) is 1. The maximum absolute atomic E-state index is 11.6. The molecule has 1 atom stereocenters. The standard InChI is InChI=1S/C19H22ClN3O.C10H13.C9H8ClN3O.ClH.Mg/c1-17(2,15-6-4-3-5-7-15)12-19(24,18(20)8-9-18)13-23-14-22-11-16(23)10-21;1-10(2,3)9-7-5-4-6-8-9;10-9(1-2-9)8(14)5-13-6-12-4-7(13)3-11;;/h3-7,11,14,24H,8-9,12-13H2,1-2H3;4-8H,1H2,2-3H3;4,6H,1-2,5H2;1H;/q;-1;;;+2/p-1. The molecule has 0 aliphatic heterocycles. The van der Waals surface area contributed by atoms with Crippen LogP contribution >= 0.6 is 23.2 Å². The van der Waals surface area contributed by atoms with Crippen molar-refractivity contribution in [2.24, 2.45) is 0 Å². The average molecular weight is 746 g/mol. The molecule has 2 aromatic heterocycles.